The molecule has 0 heterocycles. The molecule has 2 aliphatic rings. The van der Waals surface area contributed by atoms with Gasteiger partial charge in [0.05, 0.1) is 27.2 Å². The Bertz CT molecular complexity index is 842. The Hall–Kier alpha value is -2.49. The highest BCUT2D eigenvalue weighted by Gasteiger charge is 2.47. The third kappa shape index (κ3) is 3.15. The number of hydrogen-bond acceptors (Lipinski definition) is 4. The summed E-state index contributed by atoms with van der Waals surface area (Å²) in [7, 11) is 4.86. The van der Waals surface area contributed by atoms with Gasteiger partial charge in [0.2, 0.25) is 0 Å². The van der Waals surface area contributed by atoms with Crippen molar-refractivity contribution in [3.8, 4) is 11.5 Å². The molecular weight excluding hydrogens is 352 g/mol. The van der Waals surface area contributed by atoms with Gasteiger partial charge in [-0.1, -0.05) is 31.0 Å². The molecule has 4 rings (SSSR count). The van der Waals surface area contributed by atoms with Crippen LogP contribution in [0, 0.1) is 5.92 Å². The summed E-state index contributed by atoms with van der Waals surface area (Å²) in [5, 5.41) is 0. The van der Waals surface area contributed by atoms with Crippen molar-refractivity contribution in [1.82, 2.24) is 0 Å². The van der Waals surface area contributed by atoms with E-state index < -0.39 is 0 Å². The number of methoxy groups -OCH3 is 3. The molecule has 0 bridgehead atoms. The molecule has 1 saturated carbocycles. The van der Waals surface area contributed by atoms with E-state index in [1.807, 2.05) is 18.2 Å². The van der Waals surface area contributed by atoms with Crippen LogP contribution < -0.4 is 9.47 Å². The number of fused-ring (bicyclic) bond motifs is 3. The number of rotatable bonds is 4. The maximum Gasteiger partial charge on any atom is 0.313 e. The smallest absolute Gasteiger partial charge is 0.313 e. The number of esters is 1. The van der Waals surface area contributed by atoms with Gasteiger partial charge in [-0.05, 0) is 65.6 Å². The summed E-state index contributed by atoms with van der Waals surface area (Å²) in [6.07, 6.45) is 4.73. The minimum Gasteiger partial charge on any atom is -0.497 e. The lowest BCUT2D eigenvalue weighted by atomic mass is 9.57. The van der Waals surface area contributed by atoms with E-state index in [9.17, 15) is 4.79 Å². The summed E-state index contributed by atoms with van der Waals surface area (Å²) in [5.74, 6) is 2.23. The summed E-state index contributed by atoms with van der Waals surface area (Å²) in [5.41, 5.74) is 3.55. The highest BCUT2D eigenvalue weighted by atomic mass is 16.5. The number of benzene rings is 2. The van der Waals surface area contributed by atoms with Gasteiger partial charge in [0.15, 0.2) is 0 Å². The summed E-state index contributed by atoms with van der Waals surface area (Å²) >= 11 is 0. The normalized spacial score (nSPS) is 26.0. The van der Waals surface area contributed by atoms with E-state index in [1.54, 1.807) is 14.2 Å². The molecule has 0 aliphatic heterocycles. The topological polar surface area (TPSA) is 44.8 Å². The Labute approximate surface area is 166 Å². The molecule has 0 amide bonds. The zero-order valence-electron chi connectivity index (χ0n) is 16.8. The van der Waals surface area contributed by atoms with Crippen molar-refractivity contribution in [2.24, 2.45) is 5.92 Å². The lowest BCUT2D eigenvalue weighted by Crippen LogP contribution is -2.37. The van der Waals surface area contributed by atoms with Crippen molar-refractivity contribution < 1.29 is 19.0 Å². The molecule has 2 aliphatic carbocycles. The average molecular weight is 380 g/mol. The van der Waals surface area contributed by atoms with E-state index in [-0.39, 0.29) is 17.8 Å². The third-order valence-corrected chi connectivity index (χ3v) is 6.62. The fourth-order valence-electron chi connectivity index (χ4n) is 5.37. The molecule has 4 atom stereocenters. The van der Waals surface area contributed by atoms with Crippen LogP contribution >= 0.6 is 0 Å². The van der Waals surface area contributed by atoms with Crippen LogP contribution in [0.3, 0.4) is 0 Å². The fourth-order valence-corrected chi connectivity index (χ4v) is 5.37. The van der Waals surface area contributed by atoms with Gasteiger partial charge in [-0.25, -0.2) is 0 Å². The molecule has 4 nitrogen and oxygen atoms in total. The van der Waals surface area contributed by atoms with Gasteiger partial charge in [-0.15, -0.1) is 0 Å². The molecule has 148 valence electrons. The molecule has 0 spiro atoms. The maximum atomic E-state index is 13.0. The van der Waals surface area contributed by atoms with Crippen LogP contribution in [0.15, 0.2) is 42.5 Å². The van der Waals surface area contributed by atoms with E-state index >= 15 is 0 Å². The second-order valence-corrected chi connectivity index (χ2v) is 7.85. The fraction of sp³-hybridized carbons (Fsp3) is 0.458. The summed E-state index contributed by atoms with van der Waals surface area (Å²) < 4.78 is 16.1. The van der Waals surface area contributed by atoms with Crippen LogP contribution in [0.5, 0.6) is 11.5 Å². The monoisotopic (exact) mass is 380 g/mol. The molecule has 1 fully saturated rings. The molecule has 0 saturated heterocycles. The predicted molar refractivity (Wildman–Crippen MR) is 108 cm³/mol. The maximum absolute atomic E-state index is 13.0. The molecule has 2 aromatic carbocycles. The van der Waals surface area contributed by atoms with Gasteiger partial charge in [-0.2, -0.15) is 0 Å². The van der Waals surface area contributed by atoms with Crippen LogP contribution in [0.4, 0.5) is 0 Å². The quantitative estimate of drug-likeness (QED) is 0.698. The summed E-state index contributed by atoms with van der Waals surface area (Å²) in [6.45, 7) is 0. The summed E-state index contributed by atoms with van der Waals surface area (Å²) in [6, 6.07) is 14.4. The predicted octanol–water partition coefficient (Wildman–Crippen LogP) is 5.03. The van der Waals surface area contributed by atoms with Crippen molar-refractivity contribution in [2.45, 2.75) is 43.4 Å². The van der Waals surface area contributed by atoms with E-state index in [0.29, 0.717) is 11.8 Å². The Morgan fingerprint density at radius 1 is 0.857 bits per heavy atom. The van der Waals surface area contributed by atoms with Gasteiger partial charge in [0.1, 0.15) is 11.5 Å². The van der Waals surface area contributed by atoms with Crippen LogP contribution in [-0.4, -0.2) is 27.3 Å². The first-order valence-electron chi connectivity index (χ1n) is 10.1. The molecular formula is C24H28O4. The molecule has 0 N–H and O–H groups in total. The van der Waals surface area contributed by atoms with Gasteiger partial charge >= 0.3 is 5.97 Å². The minimum atomic E-state index is -0.293. The Kier molecular flexibility index (Phi) is 5.29. The van der Waals surface area contributed by atoms with E-state index in [4.69, 9.17) is 14.2 Å². The standard InChI is InChI=1S/C24H28O4/c1-26-16-10-8-15(9-11-16)22-19-7-5-4-6-18(19)21-14-17(27-2)12-13-20(21)23(22)24(25)28-3/h8-14,18-19,22-23H,4-7H2,1-3H3/t18-,19+,22+,23-/m1/s1. The largest absolute Gasteiger partial charge is 0.497 e. The second-order valence-electron chi connectivity index (χ2n) is 7.85. The number of carbonyl (C=O) groups is 1. The van der Waals surface area contributed by atoms with Crippen molar-refractivity contribution in [3.63, 3.8) is 0 Å². The van der Waals surface area contributed by atoms with Crippen LogP contribution in [0.1, 0.15) is 60.1 Å². The highest BCUT2D eigenvalue weighted by molar-refractivity contribution is 5.81. The first kappa shape index (κ1) is 18.9. The Balaban J connectivity index is 1.87. The van der Waals surface area contributed by atoms with Crippen molar-refractivity contribution in [1.29, 1.82) is 0 Å². The second kappa shape index (κ2) is 7.86. The average Bonchev–Trinajstić information content (AvgIpc) is 2.77. The van der Waals surface area contributed by atoms with E-state index in [1.165, 1.54) is 31.1 Å². The molecule has 2 aromatic rings. The zero-order valence-corrected chi connectivity index (χ0v) is 16.8. The Morgan fingerprint density at radius 3 is 2.21 bits per heavy atom. The minimum absolute atomic E-state index is 0.115. The van der Waals surface area contributed by atoms with Crippen molar-refractivity contribution in [3.05, 3.63) is 59.2 Å². The SMILES string of the molecule is COC(=O)[C@@H]1c2ccc(OC)cc2[C@@H]2CCCC[C@@H]2[C@@H]1c1ccc(OC)cc1. The van der Waals surface area contributed by atoms with Crippen molar-refractivity contribution in [2.75, 3.05) is 21.3 Å². The van der Waals surface area contributed by atoms with E-state index in [2.05, 4.69) is 24.3 Å². The van der Waals surface area contributed by atoms with Crippen LogP contribution in [0.2, 0.25) is 0 Å². The van der Waals surface area contributed by atoms with Crippen LogP contribution in [0.25, 0.3) is 0 Å². The van der Waals surface area contributed by atoms with Crippen molar-refractivity contribution >= 4 is 5.97 Å². The molecule has 28 heavy (non-hydrogen) atoms. The third-order valence-electron chi connectivity index (χ3n) is 6.62. The number of hydrogen-bond donors (Lipinski definition) is 0. The number of ether oxygens (including phenoxy) is 3. The molecule has 0 aromatic heterocycles. The highest BCUT2D eigenvalue weighted by Crippen LogP contribution is 2.57. The van der Waals surface area contributed by atoms with E-state index in [0.717, 1.165) is 29.9 Å². The number of carbonyl (C=O) groups excluding carboxylic acids is 1. The summed E-state index contributed by atoms with van der Waals surface area (Å²) in [4.78, 5) is 13.0. The van der Waals surface area contributed by atoms with Gasteiger partial charge in [0, 0.05) is 5.92 Å². The zero-order chi connectivity index (χ0) is 19.7. The van der Waals surface area contributed by atoms with Gasteiger partial charge < -0.3 is 14.2 Å². The first-order valence-corrected chi connectivity index (χ1v) is 10.1. The molecule has 0 radical (unpaired) electrons. The lowest BCUT2D eigenvalue weighted by Gasteiger charge is -2.46. The molecule has 4 heteroatoms. The Morgan fingerprint density at radius 2 is 1.54 bits per heavy atom. The molecule has 0 unspecified atom stereocenters. The van der Waals surface area contributed by atoms with Crippen LogP contribution in [-0.2, 0) is 9.53 Å². The first-order chi connectivity index (χ1) is 13.7. The van der Waals surface area contributed by atoms with Gasteiger partial charge in [-0.3, -0.25) is 4.79 Å². The lowest BCUT2D eigenvalue weighted by molar-refractivity contribution is -0.144. The van der Waals surface area contributed by atoms with Gasteiger partial charge in [0.25, 0.3) is 0 Å².